The van der Waals surface area contributed by atoms with Crippen LogP contribution in [-0.4, -0.2) is 26.2 Å². The SMILES string of the molecule is Cc1ccccc1-n1c(=S)sc2c(=O)[nH]c(SCC(=O)Nc3cc(F)ccc3F)nc21. The summed E-state index contributed by atoms with van der Waals surface area (Å²) in [5.41, 5.74) is 1.55. The number of aryl methyl sites for hydroxylation is 1. The number of hydrogen-bond donors (Lipinski definition) is 2. The number of anilines is 1. The molecule has 31 heavy (non-hydrogen) atoms. The summed E-state index contributed by atoms with van der Waals surface area (Å²) in [5, 5.41) is 2.52. The Morgan fingerprint density at radius 2 is 2.06 bits per heavy atom. The molecule has 0 bridgehead atoms. The summed E-state index contributed by atoms with van der Waals surface area (Å²) in [5.74, 6) is -2.15. The van der Waals surface area contributed by atoms with Crippen molar-refractivity contribution in [1.82, 2.24) is 14.5 Å². The molecule has 0 fully saturated rings. The Kier molecular flexibility index (Phi) is 5.99. The summed E-state index contributed by atoms with van der Waals surface area (Å²) in [6.45, 7) is 1.93. The number of carbonyl (C=O) groups excluding carboxylic acids is 1. The van der Waals surface area contributed by atoms with Crippen LogP contribution in [0.4, 0.5) is 14.5 Å². The summed E-state index contributed by atoms with van der Waals surface area (Å²) in [4.78, 5) is 31.8. The fraction of sp³-hybridized carbons (Fsp3) is 0.100. The predicted octanol–water partition coefficient (Wildman–Crippen LogP) is 4.82. The van der Waals surface area contributed by atoms with E-state index in [-0.39, 0.29) is 22.2 Å². The van der Waals surface area contributed by atoms with Crippen molar-refractivity contribution < 1.29 is 13.6 Å². The van der Waals surface area contributed by atoms with E-state index in [1.165, 1.54) is 0 Å². The molecule has 2 N–H and O–H groups in total. The Balaban J connectivity index is 1.62. The van der Waals surface area contributed by atoms with Gasteiger partial charge in [0.15, 0.2) is 14.8 Å². The summed E-state index contributed by atoms with van der Waals surface area (Å²) < 4.78 is 29.6. The van der Waals surface area contributed by atoms with E-state index in [0.717, 1.165) is 52.5 Å². The van der Waals surface area contributed by atoms with Gasteiger partial charge in [-0.15, -0.1) is 0 Å². The number of para-hydroxylation sites is 1. The van der Waals surface area contributed by atoms with Gasteiger partial charge in [0.2, 0.25) is 5.91 Å². The maximum absolute atomic E-state index is 13.7. The molecular weight excluding hydrogens is 462 g/mol. The number of fused-ring (bicyclic) bond motifs is 1. The molecule has 0 aliphatic carbocycles. The smallest absolute Gasteiger partial charge is 0.271 e. The molecule has 0 saturated heterocycles. The monoisotopic (exact) mass is 476 g/mol. The molecule has 158 valence electrons. The fourth-order valence-electron chi connectivity index (χ4n) is 2.90. The van der Waals surface area contributed by atoms with E-state index >= 15 is 0 Å². The number of aromatic nitrogens is 3. The molecular formula is C20H14F2N4O2S3. The average molecular weight is 477 g/mol. The van der Waals surface area contributed by atoms with Crippen LogP contribution in [0.1, 0.15) is 5.56 Å². The molecule has 1 amide bonds. The molecule has 4 rings (SSSR count). The lowest BCUT2D eigenvalue weighted by molar-refractivity contribution is -0.113. The Morgan fingerprint density at radius 1 is 1.29 bits per heavy atom. The van der Waals surface area contributed by atoms with Crippen molar-refractivity contribution in [2.24, 2.45) is 0 Å². The second-order valence-electron chi connectivity index (χ2n) is 6.47. The van der Waals surface area contributed by atoms with E-state index in [0.29, 0.717) is 14.3 Å². The van der Waals surface area contributed by atoms with E-state index in [4.69, 9.17) is 12.2 Å². The molecule has 4 aromatic rings. The maximum Gasteiger partial charge on any atom is 0.271 e. The number of aromatic amines is 1. The Labute approximate surface area is 188 Å². The highest BCUT2D eigenvalue weighted by Gasteiger charge is 2.16. The van der Waals surface area contributed by atoms with Gasteiger partial charge in [-0.1, -0.05) is 41.3 Å². The first-order valence-electron chi connectivity index (χ1n) is 8.93. The number of nitrogens with one attached hydrogen (secondary N) is 2. The molecule has 0 saturated carbocycles. The quantitative estimate of drug-likeness (QED) is 0.245. The third kappa shape index (κ3) is 4.43. The van der Waals surface area contributed by atoms with Crippen LogP contribution in [0.25, 0.3) is 16.0 Å². The fourth-order valence-corrected chi connectivity index (χ4v) is 4.82. The van der Waals surface area contributed by atoms with E-state index in [2.05, 4.69) is 15.3 Å². The lowest BCUT2D eigenvalue weighted by Crippen LogP contribution is -2.16. The van der Waals surface area contributed by atoms with Gasteiger partial charge in [-0.25, -0.2) is 13.8 Å². The van der Waals surface area contributed by atoms with Crippen LogP contribution in [0.15, 0.2) is 52.4 Å². The Hall–Kier alpha value is -2.89. The second-order valence-corrected chi connectivity index (χ2v) is 9.08. The first-order valence-corrected chi connectivity index (χ1v) is 11.1. The van der Waals surface area contributed by atoms with E-state index in [1.54, 1.807) is 4.57 Å². The molecule has 2 heterocycles. The van der Waals surface area contributed by atoms with Gasteiger partial charge in [0.25, 0.3) is 5.56 Å². The maximum atomic E-state index is 13.7. The molecule has 2 aromatic heterocycles. The van der Waals surface area contributed by atoms with Gasteiger partial charge in [0, 0.05) is 6.07 Å². The lowest BCUT2D eigenvalue weighted by Gasteiger charge is -2.08. The molecule has 2 aromatic carbocycles. The molecule has 0 spiro atoms. The first-order chi connectivity index (χ1) is 14.8. The summed E-state index contributed by atoms with van der Waals surface area (Å²) in [6.07, 6.45) is 0. The van der Waals surface area contributed by atoms with Crippen molar-refractivity contribution in [3.8, 4) is 5.69 Å². The van der Waals surface area contributed by atoms with Crippen molar-refractivity contribution in [3.05, 3.63) is 74.0 Å². The molecule has 6 nitrogen and oxygen atoms in total. The minimum absolute atomic E-state index is 0.167. The number of thiazole rings is 1. The highest BCUT2D eigenvalue weighted by molar-refractivity contribution is 7.99. The molecule has 0 unspecified atom stereocenters. The van der Waals surface area contributed by atoms with Crippen LogP contribution in [0.5, 0.6) is 0 Å². The minimum Gasteiger partial charge on any atom is -0.323 e. The zero-order chi connectivity index (χ0) is 22.1. The average Bonchev–Trinajstić information content (AvgIpc) is 3.06. The predicted molar refractivity (Wildman–Crippen MR) is 121 cm³/mol. The zero-order valence-electron chi connectivity index (χ0n) is 15.9. The number of nitrogens with zero attached hydrogens (tertiary/aromatic N) is 2. The van der Waals surface area contributed by atoms with Crippen LogP contribution in [0, 0.1) is 22.5 Å². The Bertz CT molecular complexity index is 1430. The van der Waals surface area contributed by atoms with Gasteiger partial charge in [0.1, 0.15) is 16.3 Å². The minimum atomic E-state index is -0.747. The van der Waals surface area contributed by atoms with Crippen LogP contribution in [-0.2, 0) is 4.79 Å². The lowest BCUT2D eigenvalue weighted by atomic mass is 10.2. The number of rotatable bonds is 5. The van der Waals surface area contributed by atoms with Gasteiger partial charge in [0.05, 0.1) is 17.1 Å². The molecule has 0 radical (unpaired) electrons. The highest BCUT2D eigenvalue weighted by atomic mass is 32.2. The molecule has 0 aliphatic heterocycles. The summed E-state index contributed by atoms with van der Waals surface area (Å²) in [7, 11) is 0. The standard InChI is InChI=1S/C20H14F2N4O2S3/c1-10-4-2-3-5-14(10)26-17-16(31-20(26)29)18(28)25-19(24-17)30-9-15(27)23-13-8-11(21)6-7-12(13)22/h2-8H,9H2,1H3,(H,23,27)(H,24,25,28). The zero-order valence-corrected chi connectivity index (χ0v) is 18.4. The van der Waals surface area contributed by atoms with Gasteiger partial charge >= 0.3 is 0 Å². The number of thioether (sulfide) groups is 1. The first kappa shape index (κ1) is 21.3. The van der Waals surface area contributed by atoms with Crippen molar-refractivity contribution in [1.29, 1.82) is 0 Å². The van der Waals surface area contributed by atoms with E-state index < -0.39 is 17.5 Å². The van der Waals surface area contributed by atoms with Crippen molar-refractivity contribution in [2.45, 2.75) is 12.1 Å². The van der Waals surface area contributed by atoms with Crippen LogP contribution in [0.3, 0.4) is 0 Å². The van der Waals surface area contributed by atoms with Gasteiger partial charge in [-0.2, -0.15) is 0 Å². The summed E-state index contributed by atoms with van der Waals surface area (Å²) in [6, 6.07) is 10.4. The third-order valence-electron chi connectivity index (χ3n) is 4.32. The van der Waals surface area contributed by atoms with Crippen LogP contribution >= 0.6 is 35.3 Å². The van der Waals surface area contributed by atoms with Crippen molar-refractivity contribution in [3.63, 3.8) is 0 Å². The van der Waals surface area contributed by atoms with Gasteiger partial charge in [-0.3, -0.25) is 14.2 Å². The number of benzene rings is 2. The van der Waals surface area contributed by atoms with Gasteiger partial charge < -0.3 is 10.3 Å². The second kappa shape index (κ2) is 8.69. The number of carbonyl (C=O) groups is 1. The summed E-state index contributed by atoms with van der Waals surface area (Å²) >= 11 is 7.57. The van der Waals surface area contributed by atoms with Crippen molar-refractivity contribution >= 4 is 57.3 Å². The number of hydrogen-bond acceptors (Lipinski definition) is 6. The van der Waals surface area contributed by atoms with Crippen LogP contribution < -0.4 is 10.9 Å². The normalized spacial score (nSPS) is 11.1. The van der Waals surface area contributed by atoms with E-state index in [1.807, 2.05) is 31.2 Å². The molecule has 0 atom stereocenters. The molecule has 11 heteroatoms. The third-order valence-corrected chi connectivity index (χ3v) is 6.55. The number of halogens is 2. The van der Waals surface area contributed by atoms with Crippen molar-refractivity contribution in [2.75, 3.05) is 11.1 Å². The topological polar surface area (TPSA) is 79.8 Å². The van der Waals surface area contributed by atoms with Gasteiger partial charge in [-0.05, 0) is 42.9 Å². The molecule has 0 aliphatic rings. The highest BCUT2D eigenvalue weighted by Crippen LogP contribution is 2.26. The number of H-pyrrole nitrogens is 1. The van der Waals surface area contributed by atoms with E-state index in [9.17, 15) is 18.4 Å². The Morgan fingerprint density at radius 3 is 2.84 bits per heavy atom. The number of amides is 1. The largest absolute Gasteiger partial charge is 0.323 e. The van der Waals surface area contributed by atoms with Crippen LogP contribution in [0.2, 0.25) is 0 Å².